The van der Waals surface area contributed by atoms with Crippen molar-refractivity contribution in [3.8, 4) is 0 Å². The summed E-state index contributed by atoms with van der Waals surface area (Å²) in [5, 5.41) is 0. The van der Waals surface area contributed by atoms with Gasteiger partial charge in [-0.3, -0.25) is 9.78 Å². The molecule has 152 valence electrons. The van der Waals surface area contributed by atoms with Crippen LogP contribution in [-0.2, 0) is 6.42 Å². The second-order valence-electron chi connectivity index (χ2n) is 8.10. The number of carbonyl (C=O) groups is 1. The fourth-order valence-electron chi connectivity index (χ4n) is 4.62. The SMILES string of the molecule is CC1Cc2ccccc2N1c1cncc(C(=O)N2CCN(c3ccccc3)CC2)c1. The van der Waals surface area contributed by atoms with Crippen molar-refractivity contribution >= 4 is 23.0 Å². The van der Waals surface area contributed by atoms with Gasteiger partial charge >= 0.3 is 0 Å². The molecule has 0 spiro atoms. The van der Waals surface area contributed by atoms with Crippen molar-refractivity contribution in [2.75, 3.05) is 36.0 Å². The van der Waals surface area contributed by atoms with E-state index in [1.165, 1.54) is 16.9 Å². The Bertz CT molecular complexity index is 1040. The normalized spacial score (nSPS) is 18.4. The van der Waals surface area contributed by atoms with E-state index in [9.17, 15) is 4.79 Å². The molecule has 0 N–H and O–H groups in total. The summed E-state index contributed by atoms with van der Waals surface area (Å²) in [6.45, 7) is 5.36. The van der Waals surface area contributed by atoms with Gasteiger partial charge in [0.2, 0.25) is 0 Å². The topological polar surface area (TPSA) is 39.7 Å². The van der Waals surface area contributed by atoms with E-state index in [-0.39, 0.29) is 5.91 Å². The van der Waals surface area contributed by atoms with Crippen LogP contribution >= 0.6 is 0 Å². The Balaban J connectivity index is 1.32. The Kier molecular flexibility index (Phi) is 4.87. The highest BCUT2D eigenvalue weighted by Gasteiger charge is 2.28. The quantitative estimate of drug-likeness (QED) is 0.665. The van der Waals surface area contributed by atoms with Crippen LogP contribution in [0.15, 0.2) is 73.1 Å². The minimum Gasteiger partial charge on any atom is -0.368 e. The third kappa shape index (κ3) is 3.41. The molecule has 3 heterocycles. The van der Waals surface area contributed by atoms with Crippen molar-refractivity contribution in [1.29, 1.82) is 0 Å². The number of carbonyl (C=O) groups excluding carboxylic acids is 1. The van der Waals surface area contributed by atoms with Gasteiger partial charge in [-0.25, -0.2) is 0 Å². The number of para-hydroxylation sites is 2. The number of pyridine rings is 1. The summed E-state index contributed by atoms with van der Waals surface area (Å²) in [6.07, 6.45) is 4.57. The first-order valence-corrected chi connectivity index (χ1v) is 10.6. The van der Waals surface area contributed by atoms with Gasteiger partial charge in [0.15, 0.2) is 0 Å². The summed E-state index contributed by atoms with van der Waals surface area (Å²) in [5.74, 6) is 0.0668. The summed E-state index contributed by atoms with van der Waals surface area (Å²) in [6, 6.07) is 21.2. The Morgan fingerprint density at radius 3 is 2.43 bits per heavy atom. The number of nitrogens with zero attached hydrogens (tertiary/aromatic N) is 4. The van der Waals surface area contributed by atoms with E-state index in [4.69, 9.17) is 0 Å². The number of anilines is 3. The van der Waals surface area contributed by atoms with Crippen LogP contribution in [0.2, 0.25) is 0 Å². The van der Waals surface area contributed by atoms with Crippen LogP contribution in [0.5, 0.6) is 0 Å². The molecule has 1 amide bonds. The molecule has 5 heteroatoms. The van der Waals surface area contributed by atoms with E-state index in [0.717, 1.165) is 38.3 Å². The number of benzene rings is 2. The molecular formula is C25H26N4O. The third-order valence-electron chi connectivity index (χ3n) is 6.14. The van der Waals surface area contributed by atoms with Gasteiger partial charge in [0.25, 0.3) is 5.91 Å². The number of piperazine rings is 1. The lowest BCUT2D eigenvalue weighted by atomic mass is 10.1. The van der Waals surface area contributed by atoms with E-state index in [1.807, 2.05) is 23.2 Å². The predicted molar refractivity (Wildman–Crippen MR) is 121 cm³/mol. The van der Waals surface area contributed by atoms with Crippen LogP contribution < -0.4 is 9.80 Å². The summed E-state index contributed by atoms with van der Waals surface area (Å²) < 4.78 is 0. The van der Waals surface area contributed by atoms with Crippen LogP contribution in [0.25, 0.3) is 0 Å². The molecule has 30 heavy (non-hydrogen) atoms. The first-order chi connectivity index (χ1) is 14.7. The average Bonchev–Trinajstić information content (AvgIpc) is 3.15. The zero-order valence-electron chi connectivity index (χ0n) is 17.2. The maximum Gasteiger partial charge on any atom is 0.255 e. The summed E-state index contributed by atoms with van der Waals surface area (Å²) in [5.41, 5.74) is 5.43. The first kappa shape index (κ1) is 18.7. The molecule has 2 aliphatic heterocycles. The van der Waals surface area contributed by atoms with Crippen molar-refractivity contribution in [1.82, 2.24) is 9.88 Å². The molecule has 0 radical (unpaired) electrons. The molecule has 0 saturated carbocycles. The Morgan fingerprint density at radius 1 is 0.900 bits per heavy atom. The molecule has 1 aromatic heterocycles. The molecule has 0 bridgehead atoms. The molecule has 1 saturated heterocycles. The molecule has 2 aliphatic rings. The lowest BCUT2D eigenvalue weighted by molar-refractivity contribution is 0.0746. The van der Waals surface area contributed by atoms with E-state index in [1.54, 1.807) is 6.20 Å². The van der Waals surface area contributed by atoms with Gasteiger partial charge in [0.1, 0.15) is 0 Å². The zero-order chi connectivity index (χ0) is 20.5. The third-order valence-corrected chi connectivity index (χ3v) is 6.14. The number of rotatable bonds is 3. The molecule has 1 atom stereocenters. The van der Waals surface area contributed by atoms with Gasteiger partial charge in [0.05, 0.1) is 17.4 Å². The number of hydrogen-bond acceptors (Lipinski definition) is 4. The highest BCUT2D eigenvalue weighted by atomic mass is 16.2. The molecule has 5 nitrogen and oxygen atoms in total. The van der Waals surface area contributed by atoms with Crippen molar-refractivity contribution in [2.24, 2.45) is 0 Å². The summed E-state index contributed by atoms with van der Waals surface area (Å²) >= 11 is 0. The van der Waals surface area contributed by atoms with E-state index in [0.29, 0.717) is 11.6 Å². The highest BCUT2D eigenvalue weighted by molar-refractivity contribution is 5.95. The predicted octanol–water partition coefficient (Wildman–Crippen LogP) is 4.13. The summed E-state index contributed by atoms with van der Waals surface area (Å²) in [7, 11) is 0. The standard InChI is InChI=1S/C25H26N4O/c1-19-15-20-7-5-6-10-24(20)29(19)23-16-21(17-26-18-23)25(30)28-13-11-27(12-14-28)22-8-3-2-4-9-22/h2-10,16-19H,11-15H2,1H3. The van der Waals surface area contributed by atoms with Gasteiger partial charge in [-0.2, -0.15) is 0 Å². The van der Waals surface area contributed by atoms with E-state index in [2.05, 4.69) is 70.2 Å². The van der Waals surface area contributed by atoms with Crippen LogP contribution in [0.1, 0.15) is 22.8 Å². The number of fused-ring (bicyclic) bond motifs is 1. The Morgan fingerprint density at radius 2 is 1.63 bits per heavy atom. The van der Waals surface area contributed by atoms with Gasteiger partial charge in [-0.15, -0.1) is 0 Å². The molecule has 5 rings (SSSR count). The summed E-state index contributed by atoms with van der Waals surface area (Å²) in [4.78, 5) is 24.2. The molecular weight excluding hydrogens is 372 g/mol. The smallest absolute Gasteiger partial charge is 0.255 e. The average molecular weight is 399 g/mol. The van der Waals surface area contributed by atoms with Gasteiger partial charge < -0.3 is 14.7 Å². The maximum absolute atomic E-state index is 13.2. The Labute approximate surface area is 177 Å². The van der Waals surface area contributed by atoms with Crippen LogP contribution in [0.3, 0.4) is 0 Å². The maximum atomic E-state index is 13.2. The minimum absolute atomic E-state index is 0.0668. The molecule has 1 unspecified atom stereocenters. The van der Waals surface area contributed by atoms with Crippen molar-refractivity contribution in [3.63, 3.8) is 0 Å². The largest absolute Gasteiger partial charge is 0.368 e. The Hall–Kier alpha value is -3.34. The van der Waals surface area contributed by atoms with Crippen molar-refractivity contribution < 1.29 is 4.79 Å². The molecule has 3 aromatic rings. The number of hydrogen-bond donors (Lipinski definition) is 0. The number of amides is 1. The van der Waals surface area contributed by atoms with Gasteiger partial charge in [-0.1, -0.05) is 36.4 Å². The minimum atomic E-state index is 0.0668. The fraction of sp³-hybridized carbons (Fsp3) is 0.280. The van der Waals surface area contributed by atoms with Crippen LogP contribution in [0.4, 0.5) is 17.1 Å². The highest BCUT2D eigenvalue weighted by Crippen LogP contribution is 2.38. The molecule has 1 fully saturated rings. The molecule has 0 aliphatic carbocycles. The van der Waals surface area contributed by atoms with Crippen LogP contribution in [0, 0.1) is 0 Å². The first-order valence-electron chi connectivity index (χ1n) is 10.6. The second-order valence-corrected chi connectivity index (χ2v) is 8.10. The lowest BCUT2D eigenvalue weighted by Crippen LogP contribution is -2.48. The van der Waals surface area contributed by atoms with E-state index >= 15 is 0 Å². The van der Waals surface area contributed by atoms with Crippen LogP contribution in [-0.4, -0.2) is 48.0 Å². The van der Waals surface area contributed by atoms with Gasteiger partial charge in [-0.05, 0) is 43.2 Å². The van der Waals surface area contributed by atoms with Crippen molar-refractivity contribution in [3.05, 3.63) is 84.2 Å². The van der Waals surface area contributed by atoms with E-state index < -0.39 is 0 Å². The fourth-order valence-corrected chi connectivity index (χ4v) is 4.62. The van der Waals surface area contributed by atoms with Crippen molar-refractivity contribution in [2.45, 2.75) is 19.4 Å². The molecule has 2 aromatic carbocycles. The second kappa shape index (κ2) is 7.82. The zero-order valence-corrected chi connectivity index (χ0v) is 17.2. The number of aromatic nitrogens is 1. The lowest BCUT2D eigenvalue weighted by Gasteiger charge is -2.36. The monoisotopic (exact) mass is 398 g/mol. The van der Waals surface area contributed by atoms with Gasteiger partial charge in [0, 0.05) is 49.8 Å².